The van der Waals surface area contributed by atoms with E-state index in [9.17, 15) is 9.90 Å². The van der Waals surface area contributed by atoms with Crippen LogP contribution in [0.2, 0.25) is 0 Å². The fraction of sp³-hybridized carbons (Fsp3) is 0.133. The summed E-state index contributed by atoms with van der Waals surface area (Å²) < 4.78 is 10.7. The van der Waals surface area contributed by atoms with E-state index in [-0.39, 0.29) is 11.7 Å². The van der Waals surface area contributed by atoms with Crippen molar-refractivity contribution in [1.82, 2.24) is 0 Å². The number of phenolic OH excluding ortho intramolecular Hbond substituents is 1. The van der Waals surface area contributed by atoms with E-state index in [1.807, 2.05) is 0 Å². The summed E-state index contributed by atoms with van der Waals surface area (Å²) >= 11 is 3.33. The van der Waals surface area contributed by atoms with Crippen LogP contribution in [-0.4, -0.2) is 25.2 Å². The molecule has 0 atom stereocenters. The molecule has 1 amide bonds. The van der Waals surface area contributed by atoms with E-state index in [1.165, 1.54) is 20.3 Å². The Labute approximate surface area is 130 Å². The lowest BCUT2D eigenvalue weighted by Gasteiger charge is -2.10. The summed E-state index contributed by atoms with van der Waals surface area (Å²) in [4.78, 5) is 12.3. The van der Waals surface area contributed by atoms with Crippen LogP contribution in [0, 0.1) is 0 Å². The first-order chi connectivity index (χ1) is 10.0. The molecule has 0 unspecified atom stereocenters. The van der Waals surface area contributed by atoms with Gasteiger partial charge in [-0.1, -0.05) is 0 Å². The van der Waals surface area contributed by atoms with Gasteiger partial charge in [0.15, 0.2) is 11.5 Å². The molecule has 0 aromatic heterocycles. The standard InChI is InChI=1S/C15H14BrNO4/c1-20-10-4-5-12(16)11(8-10)15(19)17-9-3-6-14(21-2)13(18)7-9/h3-8,18H,1-2H3,(H,17,19). The van der Waals surface area contributed by atoms with Gasteiger partial charge in [-0.05, 0) is 46.3 Å². The number of aromatic hydroxyl groups is 1. The average Bonchev–Trinajstić information content (AvgIpc) is 2.48. The summed E-state index contributed by atoms with van der Waals surface area (Å²) in [6.07, 6.45) is 0. The highest BCUT2D eigenvalue weighted by Crippen LogP contribution is 2.29. The maximum absolute atomic E-state index is 12.3. The number of halogens is 1. The molecule has 6 heteroatoms. The highest BCUT2D eigenvalue weighted by molar-refractivity contribution is 9.10. The second-order valence-electron chi connectivity index (χ2n) is 4.19. The zero-order chi connectivity index (χ0) is 15.4. The Kier molecular flexibility index (Phi) is 4.70. The van der Waals surface area contributed by atoms with Crippen LogP contribution in [0.25, 0.3) is 0 Å². The number of ether oxygens (including phenoxy) is 2. The van der Waals surface area contributed by atoms with Crippen LogP contribution in [0.5, 0.6) is 17.2 Å². The van der Waals surface area contributed by atoms with Crippen molar-refractivity contribution in [3.05, 3.63) is 46.4 Å². The number of nitrogens with one attached hydrogen (secondary N) is 1. The highest BCUT2D eigenvalue weighted by Gasteiger charge is 2.12. The minimum Gasteiger partial charge on any atom is -0.504 e. The second kappa shape index (κ2) is 6.49. The molecule has 0 heterocycles. The molecular weight excluding hydrogens is 338 g/mol. The number of methoxy groups -OCH3 is 2. The van der Waals surface area contributed by atoms with Crippen LogP contribution in [0.1, 0.15) is 10.4 Å². The molecule has 0 saturated heterocycles. The third kappa shape index (κ3) is 3.46. The topological polar surface area (TPSA) is 67.8 Å². The van der Waals surface area contributed by atoms with Crippen molar-refractivity contribution < 1.29 is 19.4 Å². The van der Waals surface area contributed by atoms with Gasteiger partial charge < -0.3 is 19.9 Å². The maximum atomic E-state index is 12.3. The van der Waals surface area contributed by atoms with Crippen molar-refractivity contribution in [2.24, 2.45) is 0 Å². The van der Waals surface area contributed by atoms with Gasteiger partial charge in [0.25, 0.3) is 5.91 Å². The van der Waals surface area contributed by atoms with Crippen LogP contribution in [0.15, 0.2) is 40.9 Å². The fourth-order valence-electron chi connectivity index (χ4n) is 1.77. The first-order valence-corrected chi connectivity index (χ1v) is 6.86. The van der Waals surface area contributed by atoms with Gasteiger partial charge in [-0.3, -0.25) is 4.79 Å². The van der Waals surface area contributed by atoms with Gasteiger partial charge in [0.1, 0.15) is 5.75 Å². The highest BCUT2D eigenvalue weighted by atomic mass is 79.9. The molecule has 2 aromatic rings. The van der Waals surface area contributed by atoms with Crippen molar-refractivity contribution in [2.45, 2.75) is 0 Å². The number of benzene rings is 2. The number of phenols is 1. The zero-order valence-electron chi connectivity index (χ0n) is 11.5. The Bertz CT molecular complexity index is 673. The molecule has 21 heavy (non-hydrogen) atoms. The molecule has 0 bridgehead atoms. The summed E-state index contributed by atoms with van der Waals surface area (Å²) in [7, 11) is 2.99. The van der Waals surface area contributed by atoms with Gasteiger partial charge in [-0.2, -0.15) is 0 Å². The molecule has 0 aliphatic heterocycles. The van der Waals surface area contributed by atoms with Crippen molar-refractivity contribution in [3.8, 4) is 17.2 Å². The van der Waals surface area contributed by atoms with E-state index in [4.69, 9.17) is 9.47 Å². The van der Waals surface area contributed by atoms with E-state index in [0.29, 0.717) is 27.2 Å². The quantitative estimate of drug-likeness (QED) is 0.885. The molecule has 2 N–H and O–H groups in total. The fourth-order valence-corrected chi connectivity index (χ4v) is 2.20. The van der Waals surface area contributed by atoms with Crippen LogP contribution in [0.4, 0.5) is 5.69 Å². The summed E-state index contributed by atoms with van der Waals surface area (Å²) in [6.45, 7) is 0. The molecule has 110 valence electrons. The van der Waals surface area contributed by atoms with Crippen molar-refractivity contribution in [1.29, 1.82) is 0 Å². The first kappa shape index (κ1) is 15.2. The Morgan fingerprint density at radius 2 is 1.90 bits per heavy atom. The van der Waals surface area contributed by atoms with Gasteiger partial charge in [0.05, 0.1) is 19.8 Å². The van der Waals surface area contributed by atoms with E-state index in [1.54, 1.807) is 30.3 Å². The van der Waals surface area contributed by atoms with Crippen LogP contribution < -0.4 is 14.8 Å². The molecule has 0 fully saturated rings. The monoisotopic (exact) mass is 351 g/mol. The van der Waals surface area contributed by atoms with E-state index in [0.717, 1.165) is 0 Å². The molecule has 5 nitrogen and oxygen atoms in total. The number of amides is 1. The van der Waals surface area contributed by atoms with Gasteiger partial charge in [-0.15, -0.1) is 0 Å². The van der Waals surface area contributed by atoms with E-state index < -0.39 is 0 Å². The van der Waals surface area contributed by atoms with Crippen LogP contribution in [-0.2, 0) is 0 Å². The largest absolute Gasteiger partial charge is 0.504 e. The number of hydrogen-bond donors (Lipinski definition) is 2. The first-order valence-electron chi connectivity index (χ1n) is 6.07. The predicted molar refractivity (Wildman–Crippen MR) is 83.3 cm³/mol. The minimum atomic E-state index is -0.314. The molecule has 2 aromatic carbocycles. The van der Waals surface area contributed by atoms with Crippen molar-refractivity contribution >= 4 is 27.5 Å². The predicted octanol–water partition coefficient (Wildman–Crippen LogP) is 3.42. The lowest BCUT2D eigenvalue weighted by Crippen LogP contribution is -2.12. The molecular formula is C15H14BrNO4. The van der Waals surface area contributed by atoms with Crippen LogP contribution in [0.3, 0.4) is 0 Å². The number of carbonyl (C=O) groups excluding carboxylic acids is 1. The number of anilines is 1. The third-order valence-corrected chi connectivity index (χ3v) is 3.55. The SMILES string of the molecule is COc1ccc(Br)c(C(=O)Nc2ccc(OC)c(O)c2)c1. The van der Waals surface area contributed by atoms with Gasteiger partial charge in [-0.25, -0.2) is 0 Å². The minimum absolute atomic E-state index is 0.0417. The molecule has 0 spiro atoms. The van der Waals surface area contributed by atoms with Crippen LogP contribution >= 0.6 is 15.9 Å². The number of hydrogen-bond acceptors (Lipinski definition) is 4. The summed E-state index contributed by atoms with van der Waals surface area (Å²) in [6, 6.07) is 9.75. The zero-order valence-corrected chi connectivity index (χ0v) is 13.1. The summed E-state index contributed by atoms with van der Waals surface area (Å²) in [5, 5.41) is 12.4. The van der Waals surface area contributed by atoms with Crippen molar-refractivity contribution in [3.63, 3.8) is 0 Å². The maximum Gasteiger partial charge on any atom is 0.256 e. The molecule has 2 rings (SSSR count). The summed E-state index contributed by atoms with van der Waals surface area (Å²) in [5.74, 6) is 0.571. The Balaban J connectivity index is 2.23. The van der Waals surface area contributed by atoms with Gasteiger partial charge in [0.2, 0.25) is 0 Å². The lowest BCUT2D eigenvalue weighted by atomic mass is 10.2. The molecule has 0 radical (unpaired) electrons. The Morgan fingerprint density at radius 3 is 2.52 bits per heavy atom. The Morgan fingerprint density at radius 1 is 1.14 bits per heavy atom. The van der Waals surface area contributed by atoms with Gasteiger partial charge in [0, 0.05) is 16.2 Å². The molecule has 0 aliphatic carbocycles. The normalized spacial score (nSPS) is 10.0. The second-order valence-corrected chi connectivity index (χ2v) is 5.04. The van der Waals surface area contributed by atoms with Gasteiger partial charge >= 0.3 is 0 Å². The number of rotatable bonds is 4. The lowest BCUT2D eigenvalue weighted by molar-refractivity contribution is 0.102. The van der Waals surface area contributed by atoms with E-state index >= 15 is 0 Å². The number of carbonyl (C=O) groups is 1. The Hall–Kier alpha value is -2.21. The third-order valence-electron chi connectivity index (χ3n) is 2.85. The van der Waals surface area contributed by atoms with E-state index in [2.05, 4.69) is 21.2 Å². The molecule has 0 aliphatic rings. The molecule has 0 saturated carbocycles. The van der Waals surface area contributed by atoms with Crippen molar-refractivity contribution in [2.75, 3.05) is 19.5 Å². The average molecular weight is 352 g/mol. The summed E-state index contributed by atoms with van der Waals surface area (Å²) in [5.41, 5.74) is 0.901. The smallest absolute Gasteiger partial charge is 0.256 e.